The summed E-state index contributed by atoms with van der Waals surface area (Å²) in [6.07, 6.45) is 1.65. The van der Waals surface area contributed by atoms with Gasteiger partial charge in [0.25, 0.3) is 5.91 Å². The van der Waals surface area contributed by atoms with E-state index < -0.39 is 5.91 Å². The van der Waals surface area contributed by atoms with Crippen LogP contribution in [0.3, 0.4) is 0 Å². The Morgan fingerprint density at radius 1 is 1.53 bits per heavy atom. The molecule has 0 atom stereocenters. The fourth-order valence-electron chi connectivity index (χ4n) is 1.54. The van der Waals surface area contributed by atoms with Crippen LogP contribution >= 0.6 is 15.9 Å². The van der Waals surface area contributed by atoms with Gasteiger partial charge >= 0.3 is 0 Å². The second-order valence-electron chi connectivity index (χ2n) is 3.90. The van der Waals surface area contributed by atoms with Crippen molar-refractivity contribution < 1.29 is 9.53 Å². The minimum Gasteiger partial charge on any atom is -0.471 e. The Balaban J connectivity index is 2.02. The number of nitrogens with two attached hydrogens (primary N) is 1. The number of carbonyl (C=O) groups is 1. The van der Waals surface area contributed by atoms with Crippen molar-refractivity contribution in [1.82, 2.24) is 15.2 Å². The van der Waals surface area contributed by atoms with E-state index in [1.165, 1.54) is 4.68 Å². The molecule has 1 aromatic carbocycles. The molecule has 0 saturated carbocycles. The number of nitrogens with zero attached hydrogens (tertiary/aromatic N) is 2. The quantitative estimate of drug-likeness (QED) is 0.508. The molecule has 0 bridgehead atoms. The van der Waals surface area contributed by atoms with Gasteiger partial charge in [-0.25, -0.2) is 10.5 Å². The van der Waals surface area contributed by atoms with E-state index >= 15 is 0 Å². The number of nitrogens with one attached hydrogen (secondary N) is 1. The van der Waals surface area contributed by atoms with E-state index in [0.29, 0.717) is 0 Å². The number of halogens is 1. The first-order valence-corrected chi connectivity index (χ1v) is 6.33. The molecule has 6 nitrogen and oxygen atoms in total. The number of hydrogen-bond acceptors (Lipinski definition) is 4. The van der Waals surface area contributed by atoms with Gasteiger partial charge in [0, 0.05) is 10.7 Å². The fraction of sp³-hybridized carbons (Fsp3) is 0.167. The average molecular weight is 325 g/mol. The number of amides is 1. The van der Waals surface area contributed by atoms with Crippen molar-refractivity contribution >= 4 is 21.8 Å². The van der Waals surface area contributed by atoms with Gasteiger partial charge < -0.3 is 4.74 Å². The zero-order valence-electron chi connectivity index (χ0n) is 10.3. The smallest absolute Gasteiger partial charge is 0.285 e. The van der Waals surface area contributed by atoms with E-state index in [4.69, 9.17) is 10.6 Å². The van der Waals surface area contributed by atoms with Crippen molar-refractivity contribution in [2.24, 2.45) is 5.84 Å². The maximum atomic E-state index is 11.2. The molecule has 1 amide bonds. The summed E-state index contributed by atoms with van der Waals surface area (Å²) in [5.41, 5.74) is 3.29. The summed E-state index contributed by atoms with van der Waals surface area (Å²) in [5.74, 6) is 5.36. The standard InChI is InChI=1S/C12H13BrN4O2/c1-8-6-9(13)2-3-11(8)19-7-17-5-4-10(16-17)12(18)15-14/h2-6H,7,14H2,1H3,(H,15,18). The first kappa shape index (κ1) is 13.6. The third kappa shape index (κ3) is 3.33. The Kier molecular flexibility index (Phi) is 4.18. The van der Waals surface area contributed by atoms with Gasteiger partial charge in [-0.3, -0.25) is 10.2 Å². The number of rotatable bonds is 4. The van der Waals surface area contributed by atoms with Gasteiger partial charge in [-0.1, -0.05) is 15.9 Å². The van der Waals surface area contributed by atoms with Crippen LogP contribution in [0.25, 0.3) is 0 Å². The number of aromatic nitrogens is 2. The Bertz CT molecular complexity index is 597. The molecule has 0 radical (unpaired) electrons. The number of benzene rings is 1. The summed E-state index contributed by atoms with van der Waals surface area (Å²) in [5, 5.41) is 4.03. The molecule has 0 aliphatic rings. The lowest BCUT2D eigenvalue weighted by atomic mass is 10.2. The van der Waals surface area contributed by atoms with E-state index in [1.807, 2.05) is 30.5 Å². The molecule has 2 aromatic rings. The van der Waals surface area contributed by atoms with Gasteiger partial charge in [0.1, 0.15) is 5.75 Å². The van der Waals surface area contributed by atoms with Crippen molar-refractivity contribution in [2.45, 2.75) is 13.7 Å². The number of aryl methyl sites for hydroxylation is 1. The number of ether oxygens (including phenoxy) is 1. The lowest BCUT2D eigenvalue weighted by molar-refractivity contribution is 0.0946. The fourth-order valence-corrected chi connectivity index (χ4v) is 2.01. The predicted octanol–water partition coefficient (Wildman–Crippen LogP) is 1.59. The Labute approximate surface area is 118 Å². The number of nitrogen functional groups attached to an aromatic ring is 1. The zero-order chi connectivity index (χ0) is 13.8. The van der Waals surface area contributed by atoms with Gasteiger partial charge in [-0.05, 0) is 36.8 Å². The molecule has 3 N–H and O–H groups in total. The van der Waals surface area contributed by atoms with Crippen LogP contribution in [0.1, 0.15) is 16.1 Å². The highest BCUT2D eigenvalue weighted by Gasteiger charge is 2.07. The number of hydrazine groups is 1. The molecule has 0 aliphatic carbocycles. The van der Waals surface area contributed by atoms with E-state index in [1.54, 1.807) is 12.3 Å². The summed E-state index contributed by atoms with van der Waals surface area (Å²) < 4.78 is 8.14. The summed E-state index contributed by atoms with van der Waals surface area (Å²) >= 11 is 3.39. The van der Waals surface area contributed by atoms with Gasteiger partial charge in [0.05, 0.1) is 0 Å². The second-order valence-corrected chi connectivity index (χ2v) is 4.81. The van der Waals surface area contributed by atoms with Crippen LogP contribution in [0.4, 0.5) is 0 Å². The van der Waals surface area contributed by atoms with Gasteiger partial charge in [0.2, 0.25) is 0 Å². The second kappa shape index (κ2) is 5.85. The van der Waals surface area contributed by atoms with Crippen molar-refractivity contribution in [3.05, 3.63) is 46.2 Å². The van der Waals surface area contributed by atoms with Gasteiger partial charge in [-0.15, -0.1) is 0 Å². The molecule has 0 unspecified atom stereocenters. The van der Waals surface area contributed by atoms with Crippen LogP contribution < -0.4 is 16.0 Å². The molecule has 0 spiro atoms. The molecule has 100 valence electrons. The van der Waals surface area contributed by atoms with E-state index in [-0.39, 0.29) is 12.4 Å². The maximum absolute atomic E-state index is 11.2. The molecular formula is C12H13BrN4O2. The van der Waals surface area contributed by atoms with Crippen molar-refractivity contribution in [2.75, 3.05) is 0 Å². The minimum atomic E-state index is -0.432. The van der Waals surface area contributed by atoms with E-state index in [2.05, 4.69) is 21.0 Å². The molecule has 0 saturated heterocycles. The highest BCUT2D eigenvalue weighted by atomic mass is 79.9. The average Bonchev–Trinajstić information content (AvgIpc) is 2.85. The maximum Gasteiger partial charge on any atom is 0.285 e. The molecule has 19 heavy (non-hydrogen) atoms. The Hall–Kier alpha value is -1.86. The molecule has 1 heterocycles. The first-order valence-electron chi connectivity index (χ1n) is 5.53. The van der Waals surface area contributed by atoms with Crippen LogP contribution in [0, 0.1) is 6.92 Å². The van der Waals surface area contributed by atoms with Crippen LogP contribution in [0.15, 0.2) is 34.9 Å². The van der Waals surface area contributed by atoms with Gasteiger partial charge in [-0.2, -0.15) is 5.10 Å². The molecule has 2 rings (SSSR count). The molecule has 7 heteroatoms. The molecule has 1 aromatic heterocycles. The number of carbonyl (C=O) groups excluding carboxylic acids is 1. The SMILES string of the molecule is Cc1cc(Br)ccc1OCn1ccc(C(=O)NN)n1. The normalized spacial score (nSPS) is 10.3. The van der Waals surface area contributed by atoms with E-state index in [0.717, 1.165) is 15.8 Å². The summed E-state index contributed by atoms with van der Waals surface area (Å²) in [6, 6.07) is 7.31. The van der Waals surface area contributed by atoms with Crippen LogP contribution in [0.2, 0.25) is 0 Å². The first-order chi connectivity index (χ1) is 9.10. The van der Waals surface area contributed by atoms with Crippen LogP contribution in [-0.2, 0) is 6.73 Å². The number of hydrogen-bond donors (Lipinski definition) is 2. The highest BCUT2D eigenvalue weighted by Crippen LogP contribution is 2.22. The highest BCUT2D eigenvalue weighted by molar-refractivity contribution is 9.10. The van der Waals surface area contributed by atoms with Crippen molar-refractivity contribution in [3.63, 3.8) is 0 Å². The molecule has 0 fully saturated rings. The third-order valence-corrected chi connectivity index (χ3v) is 2.99. The van der Waals surface area contributed by atoms with E-state index in [9.17, 15) is 4.79 Å². The summed E-state index contributed by atoms with van der Waals surface area (Å²) in [6.45, 7) is 2.18. The minimum absolute atomic E-state index is 0.223. The molecular weight excluding hydrogens is 312 g/mol. The van der Waals surface area contributed by atoms with Crippen molar-refractivity contribution in [1.29, 1.82) is 0 Å². The van der Waals surface area contributed by atoms with Crippen LogP contribution in [0.5, 0.6) is 5.75 Å². The lowest BCUT2D eigenvalue weighted by Crippen LogP contribution is -2.30. The Morgan fingerprint density at radius 3 is 3.00 bits per heavy atom. The topological polar surface area (TPSA) is 82.2 Å². The van der Waals surface area contributed by atoms with Gasteiger partial charge in [0.15, 0.2) is 12.4 Å². The summed E-state index contributed by atoms with van der Waals surface area (Å²) in [4.78, 5) is 11.2. The summed E-state index contributed by atoms with van der Waals surface area (Å²) in [7, 11) is 0. The van der Waals surface area contributed by atoms with Crippen molar-refractivity contribution in [3.8, 4) is 5.75 Å². The zero-order valence-corrected chi connectivity index (χ0v) is 11.8. The monoisotopic (exact) mass is 324 g/mol. The largest absolute Gasteiger partial charge is 0.471 e. The Morgan fingerprint density at radius 2 is 2.32 bits per heavy atom. The third-order valence-electron chi connectivity index (χ3n) is 2.49. The molecule has 0 aliphatic heterocycles. The lowest BCUT2D eigenvalue weighted by Gasteiger charge is -2.09. The van der Waals surface area contributed by atoms with Crippen LogP contribution in [-0.4, -0.2) is 15.7 Å². The predicted molar refractivity (Wildman–Crippen MR) is 73.4 cm³/mol.